The average Bonchev–Trinajstić information content (AvgIpc) is 3.42. The molecule has 0 aliphatic carbocycles. The zero-order chi connectivity index (χ0) is 58.6. The van der Waals surface area contributed by atoms with Crippen LogP contribution in [-0.2, 0) is 27.9 Å². The van der Waals surface area contributed by atoms with E-state index in [0.717, 1.165) is 96.3 Å². The molecule has 9 nitrogen and oxygen atoms in total. The third kappa shape index (κ3) is 59.3. The van der Waals surface area contributed by atoms with Crippen LogP contribution >= 0.6 is 7.82 Å². The van der Waals surface area contributed by atoms with Crippen molar-refractivity contribution in [3.63, 3.8) is 0 Å². The Balaban J connectivity index is 5.21. The smallest absolute Gasteiger partial charge is 0.456 e. The number of nitrogens with one attached hydrogen (secondary N) is 1. The van der Waals surface area contributed by atoms with E-state index in [1.807, 2.05) is 33.3 Å². The molecule has 0 saturated carbocycles. The lowest BCUT2D eigenvalue weighted by molar-refractivity contribution is -0.870. The Morgan fingerprint density at radius 3 is 1.25 bits per heavy atom. The van der Waals surface area contributed by atoms with Crippen molar-refractivity contribution >= 4 is 19.7 Å². The number of phosphoric acid groups is 1. The van der Waals surface area contributed by atoms with Gasteiger partial charge in [-0.15, -0.1) is 0 Å². The van der Waals surface area contributed by atoms with Gasteiger partial charge < -0.3 is 19.4 Å². The number of carbonyl (C=O) groups excluding carboxylic acids is 2. The predicted octanol–water partition coefficient (Wildman–Crippen LogP) is 20.5. The number of phosphoric ester groups is 1. The van der Waals surface area contributed by atoms with Crippen LogP contribution in [0.3, 0.4) is 0 Å². The van der Waals surface area contributed by atoms with Gasteiger partial charge in [-0.3, -0.25) is 18.6 Å². The summed E-state index contributed by atoms with van der Waals surface area (Å²) in [6.45, 7) is 6.83. The summed E-state index contributed by atoms with van der Waals surface area (Å²) in [6, 6.07) is -0.879. The second-order valence-corrected chi connectivity index (χ2v) is 24.4. The Labute approximate surface area is 493 Å². The summed E-state index contributed by atoms with van der Waals surface area (Å²) in [4.78, 5) is 37.7. The monoisotopic (exact) mass is 1140 g/mol. The van der Waals surface area contributed by atoms with E-state index in [0.29, 0.717) is 23.9 Å². The van der Waals surface area contributed by atoms with Crippen LogP contribution in [0.25, 0.3) is 0 Å². The number of allylic oxidation sites excluding steroid dienone is 17. The van der Waals surface area contributed by atoms with E-state index in [-0.39, 0.29) is 31.5 Å². The highest BCUT2D eigenvalue weighted by atomic mass is 31.2. The molecule has 0 radical (unpaired) electrons. The van der Waals surface area contributed by atoms with E-state index in [4.69, 9.17) is 13.8 Å². The molecule has 3 unspecified atom stereocenters. The van der Waals surface area contributed by atoms with E-state index in [2.05, 4.69) is 123 Å². The summed E-state index contributed by atoms with van der Waals surface area (Å²) < 4.78 is 30.7. The van der Waals surface area contributed by atoms with Gasteiger partial charge in [0.1, 0.15) is 19.3 Å². The predicted molar refractivity (Wildman–Crippen MR) is 346 cm³/mol. The Bertz CT molecular complexity index is 1740. The number of carbonyl (C=O) groups is 2. The number of amides is 1. The fraction of sp³-hybridized carbons (Fsp3) is 0.714. The van der Waals surface area contributed by atoms with Crippen molar-refractivity contribution in [1.82, 2.24) is 5.32 Å². The highest BCUT2D eigenvalue weighted by Gasteiger charge is 2.30. The van der Waals surface area contributed by atoms with E-state index in [9.17, 15) is 19.0 Å². The van der Waals surface area contributed by atoms with Crippen LogP contribution in [-0.4, -0.2) is 74.3 Å². The van der Waals surface area contributed by atoms with Gasteiger partial charge in [0, 0.05) is 12.8 Å². The lowest BCUT2D eigenvalue weighted by Crippen LogP contribution is -2.47. The molecular formula is C70H124N2O7P+. The molecule has 1 amide bonds. The molecule has 0 aliphatic rings. The molecule has 80 heavy (non-hydrogen) atoms. The molecule has 0 aromatic carbocycles. The van der Waals surface area contributed by atoms with Gasteiger partial charge in [0.25, 0.3) is 0 Å². The third-order valence-corrected chi connectivity index (χ3v) is 14.9. The number of hydrogen-bond donors (Lipinski definition) is 2. The molecule has 0 fully saturated rings. The van der Waals surface area contributed by atoms with Crippen molar-refractivity contribution in [2.24, 2.45) is 0 Å². The second kappa shape index (κ2) is 58.9. The fourth-order valence-corrected chi connectivity index (χ4v) is 9.66. The number of rotatable bonds is 58. The number of hydrogen-bond acceptors (Lipinski definition) is 6. The van der Waals surface area contributed by atoms with Crippen molar-refractivity contribution in [2.45, 2.75) is 283 Å². The molecule has 10 heteroatoms. The lowest BCUT2D eigenvalue weighted by atomic mass is 10.0. The number of ether oxygens (including phenoxy) is 1. The molecule has 3 atom stereocenters. The largest absolute Gasteiger partial charge is 0.472 e. The van der Waals surface area contributed by atoms with Gasteiger partial charge in [0.2, 0.25) is 5.91 Å². The maximum absolute atomic E-state index is 13.6. The van der Waals surface area contributed by atoms with Crippen molar-refractivity contribution in [2.75, 3.05) is 40.9 Å². The summed E-state index contributed by atoms with van der Waals surface area (Å²) >= 11 is 0. The van der Waals surface area contributed by atoms with Gasteiger partial charge in [-0.25, -0.2) is 4.57 Å². The van der Waals surface area contributed by atoms with Crippen molar-refractivity contribution in [3.8, 4) is 0 Å². The highest BCUT2D eigenvalue weighted by molar-refractivity contribution is 7.47. The Hall–Kier alpha value is -3.33. The number of nitrogens with zero attached hydrogens (tertiary/aromatic N) is 1. The highest BCUT2D eigenvalue weighted by Crippen LogP contribution is 2.43. The molecule has 0 bridgehead atoms. The average molecular weight is 1140 g/mol. The van der Waals surface area contributed by atoms with Gasteiger partial charge in [-0.05, 0) is 109 Å². The minimum absolute atomic E-state index is 0.0263. The molecular weight excluding hydrogens is 1010 g/mol. The molecule has 0 heterocycles. The summed E-state index contributed by atoms with van der Waals surface area (Å²) in [5, 5.41) is 3.04. The Morgan fingerprint density at radius 1 is 0.450 bits per heavy atom. The standard InChI is InChI=1S/C70H123N2O7P/c1-7-10-13-16-19-22-25-28-30-32-33-34-35-36-37-38-39-41-42-44-47-50-53-56-59-62-69(73)71-67(66-78-80(75,76)77-65-64-72(4,5)6)68(61-58-55-52-49-46-27-24-21-18-15-12-9-3)79-70(74)63-60-57-54-51-48-45-43-40-31-29-26-23-20-17-14-11-8-2/h11,14,19-20,22-23,28-31,33-34,43,45,51,54,58,61,67-68H,7-10,12-13,15-18,21,24-27,32,35-42,44,46-50,52-53,55-57,59-60,62-66H2,1-6H3,(H-,71,73,75,76)/p+1/b14-11-,22-19-,23-20-,30-28-,31-29-,34-33-,45-43-,54-51-,61-58-. The van der Waals surface area contributed by atoms with Crippen LogP contribution < -0.4 is 5.32 Å². The van der Waals surface area contributed by atoms with Crippen LogP contribution in [0.2, 0.25) is 0 Å². The Kier molecular flexibility index (Phi) is 56.4. The van der Waals surface area contributed by atoms with E-state index >= 15 is 0 Å². The van der Waals surface area contributed by atoms with Gasteiger partial charge in [0.05, 0.1) is 33.8 Å². The van der Waals surface area contributed by atoms with E-state index < -0.39 is 20.0 Å². The minimum Gasteiger partial charge on any atom is -0.456 e. The van der Waals surface area contributed by atoms with Crippen LogP contribution in [0.4, 0.5) is 0 Å². The molecule has 0 aromatic heterocycles. The zero-order valence-corrected chi connectivity index (χ0v) is 53.4. The first-order valence-electron chi connectivity index (χ1n) is 32.7. The van der Waals surface area contributed by atoms with Gasteiger partial charge in [-0.1, -0.05) is 259 Å². The first-order valence-corrected chi connectivity index (χ1v) is 34.2. The lowest BCUT2D eigenvalue weighted by Gasteiger charge is -2.27. The van der Waals surface area contributed by atoms with Crippen LogP contribution in [0, 0.1) is 0 Å². The summed E-state index contributed by atoms with van der Waals surface area (Å²) in [5.41, 5.74) is 0. The molecule has 0 saturated heterocycles. The number of unbranched alkanes of at least 4 members (excludes halogenated alkanes) is 26. The quantitative estimate of drug-likeness (QED) is 0.0205. The van der Waals surface area contributed by atoms with Gasteiger partial charge in [-0.2, -0.15) is 0 Å². The molecule has 0 aliphatic heterocycles. The zero-order valence-electron chi connectivity index (χ0n) is 52.5. The number of esters is 1. The van der Waals surface area contributed by atoms with E-state index in [1.165, 1.54) is 135 Å². The van der Waals surface area contributed by atoms with Crippen molar-refractivity contribution in [1.29, 1.82) is 0 Å². The topological polar surface area (TPSA) is 111 Å². The SMILES string of the molecule is CC/C=C\C/C=C\C/C=C\C/C=C\C/C=C\CCCC(=O)OC(/C=C\CCCCCCCCCCCC)C(COP(=O)(O)OCC[N+](C)(C)C)NC(=O)CCCCCCCCCCCCCC/C=C\C/C=C\C/C=C\CCCCC. The molecule has 0 aromatic rings. The maximum Gasteiger partial charge on any atom is 0.472 e. The van der Waals surface area contributed by atoms with Crippen molar-refractivity contribution in [3.05, 3.63) is 109 Å². The normalized spacial score (nSPS) is 14.3. The maximum atomic E-state index is 13.6. The molecule has 0 spiro atoms. The van der Waals surface area contributed by atoms with Gasteiger partial charge in [0.15, 0.2) is 0 Å². The first-order chi connectivity index (χ1) is 38.9. The number of likely N-dealkylation sites (N-methyl/N-ethyl adjacent to an activating group) is 1. The molecule has 460 valence electrons. The minimum atomic E-state index is -4.47. The molecule has 2 N–H and O–H groups in total. The van der Waals surface area contributed by atoms with Crippen molar-refractivity contribution < 1.29 is 37.3 Å². The van der Waals surface area contributed by atoms with E-state index in [1.54, 1.807) is 0 Å². The van der Waals surface area contributed by atoms with Gasteiger partial charge >= 0.3 is 13.8 Å². The van der Waals surface area contributed by atoms with Crippen LogP contribution in [0.5, 0.6) is 0 Å². The fourth-order valence-electron chi connectivity index (χ4n) is 8.92. The summed E-state index contributed by atoms with van der Waals surface area (Å²) in [6.07, 6.45) is 81.0. The third-order valence-electron chi connectivity index (χ3n) is 13.9. The second-order valence-electron chi connectivity index (χ2n) is 22.9. The Morgan fingerprint density at radius 2 is 0.812 bits per heavy atom. The summed E-state index contributed by atoms with van der Waals surface area (Å²) in [7, 11) is 1.45. The number of quaternary nitrogens is 1. The van der Waals surface area contributed by atoms with Crippen LogP contribution in [0.15, 0.2) is 109 Å². The summed E-state index contributed by atoms with van der Waals surface area (Å²) in [5.74, 6) is -0.578. The molecule has 0 rings (SSSR count). The van der Waals surface area contributed by atoms with Crippen LogP contribution in [0.1, 0.15) is 271 Å². The first kappa shape index (κ1) is 76.7.